The Hall–Kier alpha value is -1.99. The van der Waals surface area contributed by atoms with Crippen LogP contribution < -0.4 is 0 Å². The molecule has 0 amide bonds. The molecule has 96 valence electrons. The van der Waals surface area contributed by atoms with E-state index in [4.69, 9.17) is 5.11 Å². The van der Waals surface area contributed by atoms with Crippen LogP contribution in [-0.4, -0.2) is 25.8 Å². The second-order valence-corrected chi connectivity index (χ2v) is 5.69. The maximum absolute atomic E-state index is 10.9. The summed E-state index contributed by atoms with van der Waals surface area (Å²) in [5.74, 6) is -0.914. The summed E-state index contributed by atoms with van der Waals surface area (Å²) in [5, 5.41) is 17.6. The lowest BCUT2D eigenvalue weighted by atomic mass is 10.3. The molecule has 3 aromatic heterocycles. The van der Waals surface area contributed by atoms with Gasteiger partial charge in [0.2, 0.25) is 0 Å². The molecule has 7 heteroatoms. The minimum absolute atomic E-state index is 0.299. The highest BCUT2D eigenvalue weighted by molar-refractivity contribution is 7.15. The quantitative estimate of drug-likeness (QED) is 0.805. The predicted molar refractivity (Wildman–Crippen MR) is 74.6 cm³/mol. The van der Waals surface area contributed by atoms with Gasteiger partial charge in [0.05, 0.1) is 16.1 Å². The van der Waals surface area contributed by atoms with Gasteiger partial charge in [-0.15, -0.1) is 22.7 Å². The third-order valence-corrected chi connectivity index (χ3v) is 4.35. The number of thiazole rings is 1. The Kier molecular flexibility index (Phi) is 2.92. The van der Waals surface area contributed by atoms with Crippen molar-refractivity contribution in [3.05, 3.63) is 34.7 Å². The summed E-state index contributed by atoms with van der Waals surface area (Å²) < 4.78 is 1.73. The van der Waals surface area contributed by atoms with Crippen LogP contribution in [0, 0.1) is 0 Å². The number of carboxylic acids is 1. The number of aromatic carboxylic acids is 1. The summed E-state index contributed by atoms with van der Waals surface area (Å²) in [7, 11) is 1.86. The number of hydrogen-bond donors (Lipinski definition) is 1. The van der Waals surface area contributed by atoms with Gasteiger partial charge in [-0.05, 0) is 12.1 Å². The van der Waals surface area contributed by atoms with Gasteiger partial charge in [-0.1, -0.05) is 0 Å². The predicted octanol–water partition coefficient (Wildman–Crippen LogP) is 2.97. The number of carbonyl (C=O) groups is 1. The van der Waals surface area contributed by atoms with Crippen molar-refractivity contribution in [1.29, 1.82) is 0 Å². The van der Waals surface area contributed by atoms with Crippen molar-refractivity contribution in [2.45, 2.75) is 0 Å². The van der Waals surface area contributed by atoms with Crippen molar-refractivity contribution in [2.75, 3.05) is 0 Å². The molecule has 19 heavy (non-hydrogen) atoms. The summed E-state index contributed by atoms with van der Waals surface area (Å²) in [6.45, 7) is 0. The van der Waals surface area contributed by atoms with Crippen LogP contribution in [0.2, 0.25) is 0 Å². The minimum Gasteiger partial charge on any atom is -0.478 e. The molecular weight excluding hydrogens is 282 g/mol. The number of carboxylic acid groups (broad SMARTS) is 1. The van der Waals surface area contributed by atoms with Gasteiger partial charge >= 0.3 is 5.97 Å². The zero-order valence-electron chi connectivity index (χ0n) is 9.90. The SMILES string of the molecule is Cn1ccc(-c2nc(-c3cc(C(=O)O)cs3)cs2)n1. The van der Waals surface area contributed by atoms with E-state index in [-0.39, 0.29) is 0 Å². The first-order chi connectivity index (χ1) is 9.13. The van der Waals surface area contributed by atoms with Crippen LogP contribution in [0.15, 0.2) is 29.1 Å². The zero-order chi connectivity index (χ0) is 13.4. The Morgan fingerprint density at radius 3 is 2.79 bits per heavy atom. The third kappa shape index (κ3) is 2.29. The number of aryl methyl sites for hydroxylation is 1. The number of hydrogen-bond acceptors (Lipinski definition) is 5. The van der Waals surface area contributed by atoms with Gasteiger partial charge in [0.15, 0.2) is 0 Å². The van der Waals surface area contributed by atoms with E-state index in [1.54, 1.807) is 16.1 Å². The van der Waals surface area contributed by atoms with Crippen molar-refractivity contribution in [2.24, 2.45) is 7.05 Å². The first-order valence-electron chi connectivity index (χ1n) is 5.41. The molecule has 0 bridgehead atoms. The molecule has 0 fully saturated rings. The standard InChI is InChI=1S/C12H9N3O2S2/c1-15-3-2-8(14-15)11-13-9(6-19-11)10-4-7(5-18-10)12(16)17/h2-6H,1H3,(H,16,17). The number of rotatable bonds is 3. The van der Waals surface area contributed by atoms with Gasteiger partial charge in [0, 0.05) is 24.0 Å². The van der Waals surface area contributed by atoms with E-state index < -0.39 is 5.97 Å². The Morgan fingerprint density at radius 2 is 2.16 bits per heavy atom. The summed E-state index contributed by atoms with van der Waals surface area (Å²) >= 11 is 2.88. The molecule has 0 aliphatic carbocycles. The lowest BCUT2D eigenvalue weighted by Crippen LogP contribution is -1.91. The molecule has 0 aliphatic heterocycles. The molecule has 0 saturated heterocycles. The van der Waals surface area contributed by atoms with Crippen molar-refractivity contribution in [3.8, 4) is 21.3 Å². The van der Waals surface area contributed by atoms with Crippen molar-refractivity contribution < 1.29 is 9.90 Å². The maximum atomic E-state index is 10.9. The molecule has 0 saturated carbocycles. The Labute approximate surface area is 116 Å². The average molecular weight is 291 g/mol. The van der Waals surface area contributed by atoms with Crippen LogP contribution in [0.5, 0.6) is 0 Å². The van der Waals surface area contributed by atoms with Crippen LogP contribution in [0.3, 0.4) is 0 Å². The van der Waals surface area contributed by atoms with Crippen LogP contribution >= 0.6 is 22.7 Å². The molecular formula is C12H9N3O2S2. The fraction of sp³-hybridized carbons (Fsp3) is 0.0833. The Bertz CT molecular complexity index is 742. The highest BCUT2D eigenvalue weighted by atomic mass is 32.1. The summed E-state index contributed by atoms with van der Waals surface area (Å²) in [5.41, 5.74) is 1.92. The van der Waals surface area contributed by atoms with Crippen LogP contribution in [-0.2, 0) is 7.05 Å². The molecule has 3 rings (SSSR count). The van der Waals surface area contributed by atoms with E-state index in [1.807, 2.05) is 24.7 Å². The third-order valence-electron chi connectivity index (χ3n) is 2.54. The van der Waals surface area contributed by atoms with E-state index >= 15 is 0 Å². The summed E-state index contributed by atoms with van der Waals surface area (Å²) in [4.78, 5) is 16.2. The van der Waals surface area contributed by atoms with Crippen molar-refractivity contribution in [3.63, 3.8) is 0 Å². The van der Waals surface area contributed by atoms with Crippen molar-refractivity contribution >= 4 is 28.6 Å². The largest absolute Gasteiger partial charge is 0.478 e. The van der Waals surface area contributed by atoms with Gasteiger partial charge in [0.1, 0.15) is 10.7 Å². The first kappa shape index (κ1) is 12.1. The Morgan fingerprint density at radius 1 is 1.32 bits per heavy atom. The molecule has 0 aromatic carbocycles. The van der Waals surface area contributed by atoms with E-state index in [0.29, 0.717) is 5.56 Å². The normalized spacial score (nSPS) is 10.8. The average Bonchev–Trinajstić information content (AvgIpc) is 3.07. The first-order valence-corrected chi connectivity index (χ1v) is 7.17. The number of thiophene rings is 1. The van der Waals surface area contributed by atoms with Gasteiger partial charge in [0.25, 0.3) is 0 Å². The lowest BCUT2D eigenvalue weighted by Gasteiger charge is -1.89. The number of nitrogens with zero attached hydrogens (tertiary/aromatic N) is 3. The fourth-order valence-corrected chi connectivity index (χ4v) is 3.32. The van der Waals surface area contributed by atoms with Crippen molar-refractivity contribution in [1.82, 2.24) is 14.8 Å². The smallest absolute Gasteiger partial charge is 0.336 e. The molecule has 0 unspecified atom stereocenters. The Balaban J connectivity index is 1.94. The van der Waals surface area contributed by atoms with Crippen LogP contribution in [0.4, 0.5) is 0 Å². The highest BCUT2D eigenvalue weighted by Crippen LogP contribution is 2.31. The molecule has 0 atom stereocenters. The van der Waals surface area contributed by atoms with Gasteiger partial charge in [-0.3, -0.25) is 4.68 Å². The molecule has 3 heterocycles. The van der Waals surface area contributed by atoms with Crippen LogP contribution in [0.25, 0.3) is 21.3 Å². The van der Waals surface area contributed by atoms with E-state index in [9.17, 15) is 4.79 Å². The van der Waals surface area contributed by atoms with Gasteiger partial charge in [-0.25, -0.2) is 9.78 Å². The monoisotopic (exact) mass is 291 g/mol. The molecule has 5 nitrogen and oxygen atoms in total. The summed E-state index contributed by atoms with van der Waals surface area (Å²) in [6, 6.07) is 3.55. The maximum Gasteiger partial charge on any atom is 0.336 e. The highest BCUT2D eigenvalue weighted by Gasteiger charge is 2.12. The number of aromatic nitrogens is 3. The summed E-state index contributed by atoms with van der Waals surface area (Å²) in [6.07, 6.45) is 1.87. The second kappa shape index (κ2) is 4.60. The molecule has 0 spiro atoms. The van der Waals surface area contributed by atoms with E-state index in [0.717, 1.165) is 21.3 Å². The molecule has 0 radical (unpaired) electrons. The minimum atomic E-state index is -0.914. The lowest BCUT2D eigenvalue weighted by molar-refractivity contribution is 0.0697. The second-order valence-electron chi connectivity index (χ2n) is 3.92. The van der Waals surface area contributed by atoms with E-state index in [1.165, 1.54) is 22.7 Å². The topological polar surface area (TPSA) is 68.0 Å². The zero-order valence-corrected chi connectivity index (χ0v) is 11.5. The van der Waals surface area contributed by atoms with Gasteiger partial charge < -0.3 is 5.11 Å². The fourth-order valence-electron chi connectivity index (χ4n) is 1.62. The molecule has 1 N–H and O–H groups in total. The van der Waals surface area contributed by atoms with Gasteiger partial charge in [-0.2, -0.15) is 5.10 Å². The van der Waals surface area contributed by atoms with Crippen LogP contribution in [0.1, 0.15) is 10.4 Å². The molecule has 0 aliphatic rings. The van der Waals surface area contributed by atoms with E-state index in [2.05, 4.69) is 10.1 Å². The molecule has 3 aromatic rings.